The van der Waals surface area contributed by atoms with Crippen LogP contribution in [-0.2, 0) is 24.2 Å². The van der Waals surface area contributed by atoms with Crippen LogP contribution in [0.1, 0.15) is 57.8 Å². The van der Waals surface area contributed by atoms with E-state index in [2.05, 4.69) is 115 Å². The summed E-state index contributed by atoms with van der Waals surface area (Å²) in [4.78, 5) is 13.1. The van der Waals surface area contributed by atoms with Crippen molar-refractivity contribution in [2.24, 2.45) is 0 Å². The van der Waals surface area contributed by atoms with Gasteiger partial charge >= 0.3 is 0 Å². The van der Waals surface area contributed by atoms with E-state index in [0.29, 0.717) is 25.1 Å². The van der Waals surface area contributed by atoms with Crippen molar-refractivity contribution in [3.63, 3.8) is 0 Å². The second-order valence-corrected chi connectivity index (χ2v) is 11.3. The molecule has 5 nitrogen and oxygen atoms in total. The van der Waals surface area contributed by atoms with Gasteiger partial charge in [-0.05, 0) is 74.8 Å². The second-order valence-electron chi connectivity index (χ2n) is 11.3. The van der Waals surface area contributed by atoms with Crippen LogP contribution >= 0.6 is 0 Å². The largest absolute Gasteiger partial charge is 0.354 e. The highest BCUT2D eigenvalue weighted by Gasteiger charge is 2.20. The van der Waals surface area contributed by atoms with Crippen molar-refractivity contribution in [2.75, 3.05) is 6.54 Å². The summed E-state index contributed by atoms with van der Waals surface area (Å²) >= 11 is 0. The Balaban J connectivity index is 1.48. The number of imidazole rings is 1. The number of hydrogen-bond donors (Lipinski definition) is 2. The number of fused-ring (bicyclic) bond motifs is 1. The lowest BCUT2D eigenvalue weighted by Gasteiger charge is -2.21. The molecule has 1 heterocycles. The molecule has 0 saturated heterocycles. The van der Waals surface area contributed by atoms with Gasteiger partial charge in [0.1, 0.15) is 0 Å². The summed E-state index contributed by atoms with van der Waals surface area (Å²) in [6, 6.07) is 23.3. The Morgan fingerprint density at radius 2 is 1.40 bits per heavy atom. The summed E-state index contributed by atoms with van der Waals surface area (Å²) in [5.41, 5.74) is 8.76. The van der Waals surface area contributed by atoms with Gasteiger partial charge in [-0.2, -0.15) is 0 Å². The van der Waals surface area contributed by atoms with E-state index in [1.807, 2.05) is 6.07 Å². The number of amides is 1. The highest BCUT2D eigenvalue weighted by atomic mass is 16.1. The molecule has 5 rings (SSSR count). The third-order valence-corrected chi connectivity index (χ3v) is 8.03. The van der Waals surface area contributed by atoms with Crippen molar-refractivity contribution < 1.29 is 4.79 Å². The number of nitrogens with zero attached hydrogens (tertiary/aromatic N) is 2. The lowest BCUT2D eigenvalue weighted by atomic mass is 10.0. The normalized spacial score (nSPS) is 13.2. The molecule has 0 spiro atoms. The number of aryl methyl sites for hydroxylation is 4. The first kappa shape index (κ1) is 27.4. The summed E-state index contributed by atoms with van der Waals surface area (Å²) in [6.07, 6.45) is 7.53. The molecule has 1 aromatic heterocycles. The molecule has 0 fully saturated rings. The van der Waals surface area contributed by atoms with Crippen LogP contribution in [0.2, 0.25) is 0 Å². The molecule has 1 amide bonds. The van der Waals surface area contributed by atoms with Gasteiger partial charge in [0.25, 0.3) is 0 Å². The van der Waals surface area contributed by atoms with Crippen LogP contribution in [-0.4, -0.2) is 21.6 Å². The zero-order valence-electron chi connectivity index (χ0n) is 24.1. The van der Waals surface area contributed by atoms with Crippen molar-refractivity contribution in [3.8, 4) is 0 Å². The van der Waals surface area contributed by atoms with Gasteiger partial charge < -0.3 is 14.5 Å². The smallest absolute Gasteiger partial charge is 0.224 e. The number of rotatable bonds is 9. The van der Waals surface area contributed by atoms with Gasteiger partial charge in [-0.1, -0.05) is 90.0 Å². The fourth-order valence-electron chi connectivity index (χ4n) is 5.53. The van der Waals surface area contributed by atoms with Crippen LogP contribution in [0.5, 0.6) is 0 Å². The highest BCUT2D eigenvalue weighted by Crippen LogP contribution is 2.14. The van der Waals surface area contributed by atoms with Gasteiger partial charge in [0.2, 0.25) is 11.5 Å². The highest BCUT2D eigenvalue weighted by molar-refractivity contribution is 5.78. The number of hydrogen-bond acceptors (Lipinski definition) is 2. The van der Waals surface area contributed by atoms with Crippen LogP contribution in [0, 0.1) is 33.1 Å². The van der Waals surface area contributed by atoms with E-state index in [-0.39, 0.29) is 11.9 Å². The Bertz CT molecular complexity index is 1690. The number of benzene rings is 3. The van der Waals surface area contributed by atoms with E-state index < -0.39 is 0 Å². The maximum absolute atomic E-state index is 13.1. The first-order valence-corrected chi connectivity index (χ1v) is 14.3. The van der Waals surface area contributed by atoms with E-state index in [1.54, 1.807) is 0 Å². The molecule has 0 radical (unpaired) electrons. The standard InChI is InChI=1S/C35H40N4O/c1-24-9-14-28(15-10-24)20-31(22-37-34(40)21-30-18-13-26(3)27(4)19-30)39-33-8-6-5-7-32(33)38(35(39)36)23-29-16-11-25(2)12-17-29/h7-19,31,36H,5-6,20-23H2,1-4H3,(H,37,40). The first-order valence-electron chi connectivity index (χ1n) is 14.3. The molecular formula is C35H40N4O. The van der Waals surface area contributed by atoms with E-state index in [9.17, 15) is 10.2 Å². The summed E-state index contributed by atoms with van der Waals surface area (Å²) < 4.78 is 4.27. The molecule has 1 aliphatic carbocycles. The fourth-order valence-corrected chi connectivity index (χ4v) is 5.53. The van der Waals surface area contributed by atoms with Crippen molar-refractivity contribution in [2.45, 2.75) is 66.0 Å². The molecule has 40 heavy (non-hydrogen) atoms. The molecule has 0 aliphatic heterocycles. The van der Waals surface area contributed by atoms with Crippen LogP contribution in [0.4, 0.5) is 0 Å². The number of carbonyl (C=O) groups excluding carboxylic acids is 1. The van der Waals surface area contributed by atoms with Gasteiger partial charge in [0.15, 0.2) is 0 Å². The molecule has 5 heteroatoms. The monoisotopic (exact) mass is 532 g/mol. The Hall–Kier alpha value is -4.12. The topological polar surface area (TPSA) is 62.8 Å². The molecule has 3 aromatic carbocycles. The van der Waals surface area contributed by atoms with Crippen molar-refractivity contribution in [1.29, 1.82) is 5.41 Å². The Labute approximate surface area is 237 Å². The number of nitrogens with one attached hydrogen (secondary N) is 2. The summed E-state index contributed by atoms with van der Waals surface area (Å²) in [7, 11) is 0. The van der Waals surface area contributed by atoms with E-state index in [0.717, 1.165) is 35.5 Å². The summed E-state index contributed by atoms with van der Waals surface area (Å²) in [5, 5.41) is 14.8. The first-order chi connectivity index (χ1) is 19.3. The van der Waals surface area contributed by atoms with Gasteiger partial charge in [0, 0.05) is 6.54 Å². The lowest BCUT2D eigenvalue weighted by molar-refractivity contribution is -0.120. The van der Waals surface area contributed by atoms with Crippen LogP contribution in [0.25, 0.3) is 12.2 Å². The third-order valence-electron chi connectivity index (χ3n) is 8.03. The maximum atomic E-state index is 13.1. The van der Waals surface area contributed by atoms with Crippen molar-refractivity contribution in [3.05, 3.63) is 122 Å². The molecular weight excluding hydrogens is 492 g/mol. The molecule has 2 N–H and O–H groups in total. The molecule has 0 bridgehead atoms. The minimum Gasteiger partial charge on any atom is -0.354 e. The predicted molar refractivity (Wildman–Crippen MR) is 163 cm³/mol. The number of aromatic nitrogens is 2. The summed E-state index contributed by atoms with van der Waals surface area (Å²) in [6.45, 7) is 9.47. The molecule has 1 unspecified atom stereocenters. The molecule has 1 atom stereocenters. The quantitative estimate of drug-likeness (QED) is 0.327. The second kappa shape index (κ2) is 12.0. The Kier molecular flexibility index (Phi) is 8.20. The Morgan fingerprint density at radius 3 is 2.05 bits per heavy atom. The van der Waals surface area contributed by atoms with Crippen LogP contribution < -0.4 is 21.6 Å². The lowest BCUT2D eigenvalue weighted by Crippen LogP contribution is -2.42. The van der Waals surface area contributed by atoms with Gasteiger partial charge in [-0.3, -0.25) is 10.2 Å². The van der Waals surface area contributed by atoms with E-state index in [1.165, 1.54) is 33.4 Å². The van der Waals surface area contributed by atoms with Crippen molar-refractivity contribution in [1.82, 2.24) is 14.5 Å². The minimum absolute atomic E-state index is 0.00721. The zero-order valence-corrected chi connectivity index (χ0v) is 24.1. The molecule has 206 valence electrons. The molecule has 1 aliphatic rings. The molecule has 4 aromatic rings. The predicted octanol–water partition coefficient (Wildman–Crippen LogP) is 4.55. The van der Waals surface area contributed by atoms with Gasteiger partial charge in [-0.25, -0.2) is 0 Å². The fraction of sp³-hybridized carbons (Fsp3) is 0.314. The van der Waals surface area contributed by atoms with Gasteiger partial charge in [0.05, 0.1) is 29.7 Å². The van der Waals surface area contributed by atoms with Crippen LogP contribution in [0.15, 0.2) is 66.7 Å². The summed E-state index contributed by atoms with van der Waals surface area (Å²) in [5.74, 6) is 0.00721. The maximum Gasteiger partial charge on any atom is 0.224 e. The molecule has 0 saturated carbocycles. The third kappa shape index (κ3) is 6.20. The Morgan fingerprint density at radius 1 is 0.800 bits per heavy atom. The van der Waals surface area contributed by atoms with E-state index in [4.69, 9.17) is 0 Å². The van der Waals surface area contributed by atoms with E-state index >= 15 is 0 Å². The SMILES string of the molecule is Cc1ccc(CC(CNC(=O)Cc2ccc(C)c(C)c2)n2c3c(n(Cc4ccc(C)cc4)c2=N)=CCCC=3)cc1. The van der Waals surface area contributed by atoms with Crippen LogP contribution in [0.3, 0.4) is 0 Å². The average molecular weight is 533 g/mol. The zero-order chi connectivity index (χ0) is 28.2. The van der Waals surface area contributed by atoms with Gasteiger partial charge in [-0.15, -0.1) is 0 Å². The minimum atomic E-state index is -0.0883. The number of carbonyl (C=O) groups is 1. The average Bonchev–Trinajstić information content (AvgIpc) is 3.22. The van der Waals surface area contributed by atoms with Crippen molar-refractivity contribution >= 4 is 18.1 Å².